The molecule has 162 valence electrons. The Morgan fingerprint density at radius 3 is 2.77 bits per heavy atom. The number of carbonyl (C=O) groups is 1. The zero-order valence-electron chi connectivity index (χ0n) is 17.3. The van der Waals surface area contributed by atoms with Gasteiger partial charge in [-0.2, -0.15) is 0 Å². The fraction of sp³-hybridized carbons (Fsp3) is 0.304. The van der Waals surface area contributed by atoms with E-state index in [1.54, 1.807) is 43.3 Å². The van der Waals surface area contributed by atoms with Crippen LogP contribution in [0.15, 0.2) is 41.2 Å². The van der Waals surface area contributed by atoms with E-state index in [-0.39, 0.29) is 24.3 Å². The summed E-state index contributed by atoms with van der Waals surface area (Å²) >= 11 is 0. The topological polar surface area (TPSA) is 107 Å². The first-order valence-corrected chi connectivity index (χ1v) is 10.0. The summed E-state index contributed by atoms with van der Waals surface area (Å²) in [6, 6.07) is 10.3. The van der Waals surface area contributed by atoms with E-state index in [4.69, 9.17) is 18.9 Å². The number of H-pyrrole nitrogens is 1. The molecule has 1 aromatic heterocycles. The Morgan fingerprint density at radius 1 is 1.23 bits per heavy atom. The van der Waals surface area contributed by atoms with Gasteiger partial charge in [0.1, 0.15) is 19.0 Å². The zero-order valence-corrected chi connectivity index (χ0v) is 17.3. The van der Waals surface area contributed by atoms with Crippen LogP contribution in [0.2, 0.25) is 0 Å². The Bertz CT molecular complexity index is 1170. The van der Waals surface area contributed by atoms with Gasteiger partial charge in [-0.25, -0.2) is 0 Å². The molecule has 2 aromatic carbocycles. The Labute approximate surface area is 178 Å². The number of hydrogen-bond acceptors (Lipinski definition) is 7. The van der Waals surface area contributed by atoms with E-state index in [1.807, 2.05) is 0 Å². The van der Waals surface area contributed by atoms with Crippen LogP contribution in [0, 0.1) is 0 Å². The summed E-state index contributed by atoms with van der Waals surface area (Å²) in [5.41, 5.74) is 0.651. The minimum atomic E-state index is -0.794. The number of aromatic hydroxyl groups is 1. The first-order chi connectivity index (χ1) is 15.0. The Hall–Kier alpha value is -3.68. The second kappa shape index (κ2) is 8.59. The number of rotatable bonds is 6. The SMILES string of the molecule is CCOC(=O)C[C@@H](c1cc(OC)c2c(c1)OCCO2)c1c(O)c2ccccc2[nH]c1=O. The highest BCUT2D eigenvalue weighted by atomic mass is 16.6. The minimum absolute atomic E-state index is 0.0745. The van der Waals surface area contributed by atoms with Crippen molar-refractivity contribution < 1.29 is 28.8 Å². The van der Waals surface area contributed by atoms with Gasteiger partial charge in [0.05, 0.1) is 31.2 Å². The van der Waals surface area contributed by atoms with E-state index >= 15 is 0 Å². The van der Waals surface area contributed by atoms with Crippen molar-refractivity contribution in [3.63, 3.8) is 0 Å². The molecule has 1 atom stereocenters. The molecular formula is C23H23NO7. The maximum atomic E-state index is 13.0. The molecule has 0 amide bonds. The first kappa shape index (κ1) is 20.6. The number of ether oxygens (including phenoxy) is 4. The molecule has 0 spiro atoms. The summed E-state index contributed by atoms with van der Waals surface area (Å²) in [6.45, 7) is 2.67. The van der Waals surface area contributed by atoms with Crippen LogP contribution in [0.1, 0.15) is 30.4 Å². The van der Waals surface area contributed by atoms with Gasteiger partial charge < -0.3 is 29.0 Å². The summed E-state index contributed by atoms with van der Waals surface area (Å²) in [6.07, 6.45) is -0.147. The number of methoxy groups -OCH3 is 1. The molecule has 2 heterocycles. The maximum Gasteiger partial charge on any atom is 0.306 e. The van der Waals surface area contributed by atoms with Crippen LogP contribution < -0.4 is 19.8 Å². The maximum absolute atomic E-state index is 13.0. The molecule has 0 saturated heterocycles. The van der Waals surface area contributed by atoms with Gasteiger partial charge in [-0.15, -0.1) is 0 Å². The number of aromatic nitrogens is 1. The van der Waals surface area contributed by atoms with Crippen LogP contribution in [0.5, 0.6) is 23.0 Å². The van der Waals surface area contributed by atoms with Crippen molar-refractivity contribution >= 4 is 16.9 Å². The van der Waals surface area contributed by atoms with Gasteiger partial charge in [-0.05, 0) is 36.8 Å². The van der Waals surface area contributed by atoms with E-state index in [9.17, 15) is 14.7 Å². The molecule has 8 heteroatoms. The lowest BCUT2D eigenvalue weighted by Crippen LogP contribution is -2.22. The highest BCUT2D eigenvalue weighted by Crippen LogP contribution is 2.44. The standard InChI is InChI=1S/C23H23NO7/c1-3-29-19(25)12-15(13-10-17(28-2)22-18(11-13)30-8-9-31-22)20-21(26)14-6-4-5-7-16(14)24-23(20)27/h4-7,10-11,15H,3,8-9,12H2,1-2H3,(H2,24,26,27)/t15-/m0/s1. The van der Waals surface area contributed by atoms with Crippen LogP contribution >= 0.6 is 0 Å². The zero-order chi connectivity index (χ0) is 22.0. The van der Waals surface area contributed by atoms with Gasteiger partial charge >= 0.3 is 5.97 Å². The molecule has 1 aliphatic heterocycles. The summed E-state index contributed by atoms with van der Waals surface area (Å²) in [5.74, 6) is -0.138. The molecule has 3 aromatic rings. The van der Waals surface area contributed by atoms with E-state index < -0.39 is 17.4 Å². The fourth-order valence-corrected chi connectivity index (χ4v) is 3.83. The molecule has 0 saturated carbocycles. The van der Waals surface area contributed by atoms with Gasteiger partial charge in [-0.3, -0.25) is 9.59 Å². The lowest BCUT2D eigenvalue weighted by Gasteiger charge is -2.24. The van der Waals surface area contributed by atoms with Crippen LogP contribution in [0.25, 0.3) is 10.9 Å². The van der Waals surface area contributed by atoms with E-state index in [0.29, 0.717) is 46.9 Å². The van der Waals surface area contributed by atoms with E-state index in [0.717, 1.165) is 0 Å². The van der Waals surface area contributed by atoms with Gasteiger partial charge in [0.15, 0.2) is 11.5 Å². The number of aromatic amines is 1. The molecule has 1 aliphatic rings. The molecule has 31 heavy (non-hydrogen) atoms. The van der Waals surface area contributed by atoms with E-state index in [2.05, 4.69) is 4.98 Å². The lowest BCUT2D eigenvalue weighted by atomic mass is 9.87. The van der Waals surface area contributed by atoms with Crippen LogP contribution in [-0.2, 0) is 9.53 Å². The molecule has 8 nitrogen and oxygen atoms in total. The molecule has 2 N–H and O–H groups in total. The third kappa shape index (κ3) is 3.88. The third-order valence-electron chi connectivity index (χ3n) is 5.21. The van der Waals surface area contributed by atoms with E-state index in [1.165, 1.54) is 7.11 Å². The van der Waals surface area contributed by atoms with Crippen LogP contribution in [-0.4, -0.2) is 43.0 Å². The summed E-state index contributed by atoms with van der Waals surface area (Å²) in [5, 5.41) is 11.5. The number of pyridine rings is 1. The lowest BCUT2D eigenvalue weighted by molar-refractivity contribution is -0.143. The second-order valence-electron chi connectivity index (χ2n) is 7.07. The number of nitrogens with one attached hydrogen (secondary N) is 1. The van der Waals surface area contributed by atoms with Crippen molar-refractivity contribution in [1.29, 1.82) is 0 Å². The fourth-order valence-electron chi connectivity index (χ4n) is 3.83. The largest absolute Gasteiger partial charge is 0.507 e. The van der Waals surface area contributed by atoms with Gasteiger partial charge in [0.2, 0.25) is 5.75 Å². The number of para-hydroxylation sites is 1. The summed E-state index contributed by atoms with van der Waals surface area (Å²) in [7, 11) is 1.50. The van der Waals surface area contributed by atoms with Gasteiger partial charge in [-0.1, -0.05) is 12.1 Å². The van der Waals surface area contributed by atoms with Gasteiger partial charge in [0.25, 0.3) is 5.56 Å². The molecule has 0 bridgehead atoms. The second-order valence-corrected chi connectivity index (χ2v) is 7.07. The smallest absolute Gasteiger partial charge is 0.306 e. The average Bonchev–Trinajstić information content (AvgIpc) is 2.77. The molecule has 0 radical (unpaired) electrons. The molecule has 0 fully saturated rings. The van der Waals surface area contributed by atoms with Crippen molar-refractivity contribution in [2.24, 2.45) is 0 Å². The summed E-state index contributed by atoms with van der Waals surface area (Å²) in [4.78, 5) is 28.2. The highest BCUT2D eigenvalue weighted by Gasteiger charge is 2.29. The molecular weight excluding hydrogens is 402 g/mol. The van der Waals surface area contributed by atoms with Crippen molar-refractivity contribution in [2.45, 2.75) is 19.3 Å². The van der Waals surface area contributed by atoms with Crippen LogP contribution in [0.4, 0.5) is 0 Å². The Balaban J connectivity index is 1.92. The van der Waals surface area contributed by atoms with Crippen molar-refractivity contribution in [2.75, 3.05) is 26.9 Å². The van der Waals surface area contributed by atoms with Crippen molar-refractivity contribution in [3.8, 4) is 23.0 Å². The number of carbonyl (C=O) groups excluding carboxylic acids is 1. The number of esters is 1. The third-order valence-corrected chi connectivity index (χ3v) is 5.21. The normalized spacial score (nSPS) is 13.6. The first-order valence-electron chi connectivity index (χ1n) is 10.0. The molecule has 0 aliphatic carbocycles. The quantitative estimate of drug-likeness (QED) is 0.585. The summed E-state index contributed by atoms with van der Waals surface area (Å²) < 4.78 is 21.9. The monoisotopic (exact) mass is 425 g/mol. The highest BCUT2D eigenvalue weighted by molar-refractivity contribution is 5.86. The molecule has 0 unspecified atom stereocenters. The Kier molecular flexibility index (Phi) is 5.70. The van der Waals surface area contributed by atoms with Crippen molar-refractivity contribution in [1.82, 2.24) is 4.98 Å². The number of benzene rings is 2. The van der Waals surface area contributed by atoms with Crippen LogP contribution in [0.3, 0.4) is 0 Å². The number of hydrogen-bond donors (Lipinski definition) is 2. The Morgan fingerprint density at radius 2 is 2.00 bits per heavy atom. The van der Waals surface area contributed by atoms with Crippen molar-refractivity contribution in [3.05, 3.63) is 57.9 Å². The van der Waals surface area contributed by atoms with Gasteiger partial charge in [0, 0.05) is 11.3 Å². The molecule has 4 rings (SSSR count). The minimum Gasteiger partial charge on any atom is -0.507 e. The number of fused-ring (bicyclic) bond motifs is 2. The predicted molar refractivity (Wildman–Crippen MR) is 113 cm³/mol. The average molecular weight is 425 g/mol. The predicted octanol–water partition coefficient (Wildman–Crippen LogP) is 3.10.